The number of hydrogen-bond donors (Lipinski definition) is 2. The van der Waals surface area contributed by atoms with Crippen molar-refractivity contribution in [3.63, 3.8) is 0 Å². The number of hydrogen-bond acceptors (Lipinski definition) is 2. The average molecular weight is 375 g/mol. The fourth-order valence-electron chi connectivity index (χ4n) is 6.03. The van der Waals surface area contributed by atoms with Gasteiger partial charge in [-0.3, -0.25) is 4.79 Å². The highest BCUT2D eigenvalue weighted by Gasteiger charge is 2.53. The maximum atomic E-state index is 12.7. The van der Waals surface area contributed by atoms with Crippen LogP contribution in [-0.2, 0) is 0 Å². The lowest BCUT2D eigenvalue weighted by atomic mass is 9.68. The predicted molar refractivity (Wildman–Crippen MR) is 114 cm³/mol. The number of nitrogens with one attached hydrogen (secondary N) is 2. The van der Waals surface area contributed by atoms with Crippen LogP contribution < -0.4 is 10.6 Å². The molecule has 5 rings (SSSR count). The van der Waals surface area contributed by atoms with Crippen molar-refractivity contribution in [2.75, 3.05) is 5.32 Å². The molecule has 0 radical (unpaired) electrons. The van der Waals surface area contributed by atoms with E-state index in [-0.39, 0.29) is 11.9 Å². The number of anilines is 1. The first-order valence-corrected chi connectivity index (χ1v) is 10.9. The van der Waals surface area contributed by atoms with Crippen LogP contribution in [-0.4, -0.2) is 11.9 Å². The normalized spacial score (nSPS) is 30.9. The highest BCUT2D eigenvalue weighted by atomic mass is 16.1. The van der Waals surface area contributed by atoms with E-state index in [9.17, 15) is 4.79 Å². The van der Waals surface area contributed by atoms with Gasteiger partial charge in [-0.15, -0.1) is 0 Å². The maximum absolute atomic E-state index is 12.7. The molecule has 3 nitrogen and oxygen atoms in total. The summed E-state index contributed by atoms with van der Waals surface area (Å²) >= 11 is 0. The molecule has 0 saturated heterocycles. The summed E-state index contributed by atoms with van der Waals surface area (Å²) in [6.45, 7) is 4.17. The van der Waals surface area contributed by atoms with Gasteiger partial charge < -0.3 is 10.6 Å². The van der Waals surface area contributed by atoms with Gasteiger partial charge in [0.1, 0.15) is 0 Å². The third-order valence-corrected chi connectivity index (χ3v) is 7.50. The van der Waals surface area contributed by atoms with E-state index in [0.29, 0.717) is 17.9 Å². The molecule has 0 aromatic heterocycles. The molecule has 146 valence electrons. The van der Waals surface area contributed by atoms with Gasteiger partial charge in [-0.1, -0.05) is 37.3 Å². The number of rotatable bonds is 4. The van der Waals surface area contributed by atoms with Crippen LogP contribution in [0.25, 0.3) is 0 Å². The Morgan fingerprint density at radius 3 is 2.71 bits per heavy atom. The van der Waals surface area contributed by atoms with Crippen molar-refractivity contribution in [1.29, 1.82) is 0 Å². The van der Waals surface area contributed by atoms with E-state index in [2.05, 4.69) is 66.9 Å². The predicted octanol–water partition coefficient (Wildman–Crippen LogP) is 5.51. The average Bonchev–Trinajstić information content (AvgIpc) is 3.36. The molecule has 28 heavy (non-hydrogen) atoms. The minimum atomic E-state index is 0.0574. The molecule has 6 atom stereocenters. The zero-order valence-corrected chi connectivity index (χ0v) is 16.8. The van der Waals surface area contributed by atoms with Crippen molar-refractivity contribution >= 4 is 11.6 Å². The van der Waals surface area contributed by atoms with Gasteiger partial charge in [-0.2, -0.15) is 0 Å². The molecule has 0 unspecified atom stereocenters. The molecule has 2 saturated carbocycles. The molecule has 3 heteroatoms. The van der Waals surface area contributed by atoms with Gasteiger partial charge >= 0.3 is 0 Å². The van der Waals surface area contributed by atoms with E-state index in [4.69, 9.17) is 0 Å². The highest BCUT2D eigenvalue weighted by molar-refractivity contribution is 5.95. The monoisotopic (exact) mass is 374 g/mol. The van der Waals surface area contributed by atoms with Crippen molar-refractivity contribution in [1.82, 2.24) is 5.32 Å². The highest BCUT2D eigenvalue weighted by Crippen LogP contribution is 2.63. The van der Waals surface area contributed by atoms with Crippen molar-refractivity contribution in [3.05, 3.63) is 65.2 Å². The Kier molecular flexibility index (Phi) is 4.41. The number of carbonyl (C=O) groups is 1. The second-order valence-electron chi connectivity index (χ2n) is 9.05. The first-order chi connectivity index (χ1) is 13.7. The van der Waals surface area contributed by atoms with Gasteiger partial charge in [0.15, 0.2) is 0 Å². The third kappa shape index (κ3) is 2.83. The molecule has 2 aromatic carbocycles. The smallest absolute Gasteiger partial charge is 0.251 e. The number of amides is 1. The molecular formula is C25H30N2O. The zero-order chi connectivity index (χ0) is 19.3. The summed E-state index contributed by atoms with van der Waals surface area (Å²) in [5.74, 6) is 2.86. The lowest BCUT2D eigenvalue weighted by molar-refractivity contribution is 0.0939. The van der Waals surface area contributed by atoms with E-state index >= 15 is 0 Å². The quantitative estimate of drug-likeness (QED) is 0.741. The second kappa shape index (κ2) is 6.95. The molecule has 1 heterocycles. The molecule has 3 aliphatic rings. The summed E-state index contributed by atoms with van der Waals surface area (Å²) in [4.78, 5) is 12.7. The first-order valence-electron chi connectivity index (χ1n) is 10.9. The Bertz CT molecular complexity index is 877. The van der Waals surface area contributed by atoms with E-state index in [0.717, 1.165) is 23.8 Å². The summed E-state index contributed by atoms with van der Waals surface area (Å²) in [7, 11) is 0. The van der Waals surface area contributed by atoms with E-state index in [1.54, 1.807) is 0 Å². The minimum absolute atomic E-state index is 0.0574. The molecule has 1 amide bonds. The second-order valence-corrected chi connectivity index (χ2v) is 9.05. The summed E-state index contributed by atoms with van der Waals surface area (Å²) in [6, 6.07) is 17.8. The Balaban J connectivity index is 1.52. The fourth-order valence-corrected chi connectivity index (χ4v) is 6.03. The number of fused-ring (bicyclic) bond motifs is 7. The van der Waals surface area contributed by atoms with Gasteiger partial charge in [0, 0.05) is 17.3 Å². The molecule has 2 aromatic rings. The van der Waals surface area contributed by atoms with E-state index in [1.807, 2.05) is 6.07 Å². The van der Waals surface area contributed by atoms with Crippen molar-refractivity contribution in [3.8, 4) is 0 Å². The van der Waals surface area contributed by atoms with Gasteiger partial charge in [-0.05, 0) is 85.6 Å². The third-order valence-electron chi connectivity index (χ3n) is 7.50. The van der Waals surface area contributed by atoms with Crippen LogP contribution in [0.4, 0.5) is 5.69 Å². The van der Waals surface area contributed by atoms with E-state index < -0.39 is 0 Å². The summed E-state index contributed by atoms with van der Waals surface area (Å²) in [5.41, 5.74) is 4.80. The van der Waals surface area contributed by atoms with E-state index in [1.165, 1.54) is 36.1 Å². The van der Waals surface area contributed by atoms with Crippen LogP contribution in [0.2, 0.25) is 0 Å². The molecule has 1 aliphatic heterocycles. The minimum Gasteiger partial charge on any atom is -0.378 e. The van der Waals surface area contributed by atoms with Gasteiger partial charge in [0.05, 0.1) is 6.04 Å². The standard InChI is InChI=1S/C25H30N2O/c1-3-15(2)26-25(28)19-11-12-21-20(14-19)22-17-9-10-18(13-17)23(22)24(27-21)16-7-5-4-6-8-16/h4-8,11-12,14-15,17-18,22-24,27H,3,9-10,13H2,1-2H3,(H,26,28)/t15-,17-,18-,22-,23-,24+/m0/s1. The molecule has 2 bridgehead atoms. The summed E-state index contributed by atoms with van der Waals surface area (Å²) in [5, 5.41) is 6.98. The fraction of sp³-hybridized carbons (Fsp3) is 0.480. The summed E-state index contributed by atoms with van der Waals surface area (Å²) in [6.07, 6.45) is 5.00. The topological polar surface area (TPSA) is 41.1 Å². The largest absolute Gasteiger partial charge is 0.378 e. The first kappa shape index (κ1) is 17.8. The Labute approximate surface area is 167 Å². The van der Waals surface area contributed by atoms with Crippen LogP contribution in [0, 0.1) is 17.8 Å². The number of benzene rings is 2. The molecule has 0 spiro atoms. The van der Waals surface area contributed by atoms with Crippen LogP contribution in [0.5, 0.6) is 0 Å². The molecule has 2 N–H and O–H groups in total. The lowest BCUT2D eigenvalue weighted by Gasteiger charge is -2.43. The van der Waals surface area contributed by atoms with Gasteiger partial charge in [0.2, 0.25) is 0 Å². The Morgan fingerprint density at radius 2 is 1.93 bits per heavy atom. The van der Waals surface area contributed by atoms with Crippen molar-refractivity contribution < 1.29 is 4.79 Å². The zero-order valence-electron chi connectivity index (χ0n) is 16.8. The number of carbonyl (C=O) groups excluding carboxylic acids is 1. The molecule has 2 fully saturated rings. The van der Waals surface area contributed by atoms with Crippen LogP contribution in [0.15, 0.2) is 48.5 Å². The van der Waals surface area contributed by atoms with Crippen molar-refractivity contribution in [2.45, 2.75) is 57.5 Å². The SMILES string of the molecule is CC[C@H](C)NC(=O)c1ccc2c(c1)[C@@H]1[C@H]3CC[C@@H](C3)[C@@H]1[C@@H](c1ccccc1)N2. The summed E-state index contributed by atoms with van der Waals surface area (Å²) < 4.78 is 0. The van der Waals surface area contributed by atoms with Crippen LogP contribution >= 0.6 is 0 Å². The van der Waals surface area contributed by atoms with Crippen LogP contribution in [0.1, 0.15) is 73.0 Å². The molecular weight excluding hydrogens is 344 g/mol. The Hall–Kier alpha value is -2.29. The van der Waals surface area contributed by atoms with Crippen LogP contribution in [0.3, 0.4) is 0 Å². The van der Waals surface area contributed by atoms with Gasteiger partial charge in [-0.25, -0.2) is 0 Å². The van der Waals surface area contributed by atoms with Gasteiger partial charge in [0.25, 0.3) is 5.91 Å². The lowest BCUT2D eigenvalue weighted by Crippen LogP contribution is -2.36. The molecule has 2 aliphatic carbocycles. The Morgan fingerprint density at radius 1 is 1.14 bits per heavy atom. The van der Waals surface area contributed by atoms with Crippen molar-refractivity contribution in [2.24, 2.45) is 17.8 Å². The maximum Gasteiger partial charge on any atom is 0.251 e.